The first-order chi connectivity index (χ1) is 7.91. The van der Waals surface area contributed by atoms with Crippen molar-refractivity contribution in [1.82, 2.24) is 10.2 Å². The van der Waals surface area contributed by atoms with Crippen LogP contribution in [0.4, 0.5) is 4.79 Å². The van der Waals surface area contributed by atoms with Gasteiger partial charge in [-0.05, 0) is 24.2 Å². The highest BCUT2D eigenvalue weighted by molar-refractivity contribution is 6.16. The molecule has 0 bridgehead atoms. The SMILES string of the molecule is CC(C)C1C(=O)NC(=O)N(CC2CC2C)C1=O. The van der Waals surface area contributed by atoms with Gasteiger partial charge in [0.15, 0.2) is 0 Å². The minimum atomic E-state index is -0.721. The maximum Gasteiger partial charge on any atom is 0.330 e. The van der Waals surface area contributed by atoms with E-state index in [1.165, 1.54) is 4.90 Å². The summed E-state index contributed by atoms with van der Waals surface area (Å²) in [7, 11) is 0. The molecule has 0 aromatic rings. The second kappa shape index (κ2) is 4.13. The molecule has 2 rings (SSSR count). The van der Waals surface area contributed by atoms with Crippen molar-refractivity contribution in [2.75, 3.05) is 6.54 Å². The average Bonchev–Trinajstić information content (AvgIpc) is 2.88. The van der Waals surface area contributed by atoms with Crippen LogP contribution in [0.25, 0.3) is 0 Å². The quantitative estimate of drug-likeness (QED) is 0.746. The Labute approximate surface area is 101 Å². The van der Waals surface area contributed by atoms with E-state index in [1.54, 1.807) is 0 Å². The number of amides is 4. The van der Waals surface area contributed by atoms with Crippen molar-refractivity contribution >= 4 is 17.8 Å². The third kappa shape index (κ3) is 2.18. The van der Waals surface area contributed by atoms with Crippen LogP contribution in [0.1, 0.15) is 27.2 Å². The monoisotopic (exact) mass is 238 g/mol. The first kappa shape index (κ1) is 12.1. The zero-order valence-electron chi connectivity index (χ0n) is 10.4. The number of barbiturate groups is 1. The molecule has 5 nitrogen and oxygen atoms in total. The lowest BCUT2D eigenvalue weighted by Gasteiger charge is -2.31. The van der Waals surface area contributed by atoms with Gasteiger partial charge in [-0.1, -0.05) is 20.8 Å². The van der Waals surface area contributed by atoms with Crippen molar-refractivity contribution in [2.24, 2.45) is 23.7 Å². The number of carbonyl (C=O) groups is 3. The summed E-state index contributed by atoms with van der Waals surface area (Å²) in [6.45, 7) is 6.18. The molecule has 2 fully saturated rings. The highest BCUT2D eigenvalue weighted by Gasteiger charge is 2.45. The summed E-state index contributed by atoms with van der Waals surface area (Å²) in [4.78, 5) is 36.5. The Kier molecular flexibility index (Phi) is 2.93. The summed E-state index contributed by atoms with van der Waals surface area (Å²) in [5, 5.41) is 2.27. The third-order valence-electron chi connectivity index (χ3n) is 3.65. The van der Waals surface area contributed by atoms with E-state index in [0.29, 0.717) is 18.4 Å². The van der Waals surface area contributed by atoms with Gasteiger partial charge in [0.1, 0.15) is 5.92 Å². The van der Waals surface area contributed by atoms with Gasteiger partial charge < -0.3 is 0 Å². The van der Waals surface area contributed by atoms with Crippen LogP contribution in [0.3, 0.4) is 0 Å². The lowest BCUT2D eigenvalue weighted by molar-refractivity contribution is -0.144. The molecule has 0 radical (unpaired) electrons. The van der Waals surface area contributed by atoms with Crippen LogP contribution < -0.4 is 5.32 Å². The van der Waals surface area contributed by atoms with Crippen LogP contribution in [0.15, 0.2) is 0 Å². The Bertz CT molecular complexity index is 378. The Morgan fingerprint density at radius 1 is 1.35 bits per heavy atom. The fourth-order valence-electron chi connectivity index (χ4n) is 2.28. The van der Waals surface area contributed by atoms with E-state index in [-0.39, 0.29) is 11.8 Å². The van der Waals surface area contributed by atoms with Gasteiger partial charge in [0.2, 0.25) is 11.8 Å². The average molecular weight is 238 g/mol. The maximum atomic E-state index is 12.1. The van der Waals surface area contributed by atoms with Crippen LogP contribution in [0, 0.1) is 23.7 Å². The first-order valence-electron chi connectivity index (χ1n) is 6.08. The Hall–Kier alpha value is -1.39. The van der Waals surface area contributed by atoms with E-state index < -0.39 is 17.9 Å². The zero-order valence-corrected chi connectivity index (χ0v) is 10.4. The predicted molar refractivity (Wildman–Crippen MR) is 60.9 cm³/mol. The van der Waals surface area contributed by atoms with E-state index in [2.05, 4.69) is 12.2 Å². The molecule has 1 aliphatic heterocycles. The van der Waals surface area contributed by atoms with Crippen molar-refractivity contribution in [3.63, 3.8) is 0 Å². The molecule has 17 heavy (non-hydrogen) atoms. The van der Waals surface area contributed by atoms with Gasteiger partial charge in [-0.25, -0.2) is 4.79 Å². The van der Waals surface area contributed by atoms with Crippen molar-refractivity contribution in [3.05, 3.63) is 0 Å². The molecule has 0 spiro atoms. The third-order valence-corrected chi connectivity index (χ3v) is 3.65. The summed E-state index contributed by atoms with van der Waals surface area (Å²) in [5.74, 6) is -0.629. The second-order valence-corrected chi connectivity index (χ2v) is 5.44. The fraction of sp³-hybridized carbons (Fsp3) is 0.750. The molecule has 1 saturated heterocycles. The van der Waals surface area contributed by atoms with E-state index in [0.717, 1.165) is 6.42 Å². The highest BCUT2D eigenvalue weighted by atomic mass is 16.2. The number of nitrogens with zero attached hydrogens (tertiary/aromatic N) is 1. The second-order valence-electron chi connectivity index (χ2n) is 5.44. The van der Waals surface area contributed by atoms with Crippen molar-refractivity contribution in [2.45, 2.75) is 27.2 Å². The molecule has 94 valence electrons. The van der Waals surface area contributed by atoms with E-state index in [9.17, 15) is 14.4 Å². The Morgan fingerprint density at radius 2 is 1.94 bits per heavy atom. The molecule has 0 aromatic carbocycles. The standard InChI is InChI=1S/C12H18N2O3/c1-6(2)9-10(15)13-12(17)14(11(9)16)5-8-4-7(8)3/h6-9H,4-5H2,1-3H3,(H,13,15,17). The van der Waals surface area contributed by atoms with E-state index >= 15 is 0 Å². The summed E-state index contributed by atoms with van der Waals surface area (Å²) < 4.78 is 0. The lowest BCUT2D eigenvalue weighted by atomic mass is 9.92. The van der Waals surface area contributed by atoms with Crippen LogP contribution in [-0.4, -0.2) is 29.3 Å². The Morgan fingerprint density at radius 3 is 2.41 bits per heavy atom. The molecule has 5 heteroatoms. The van der Waals surface area contributed by atoms with Crippen LogP contribution in [-0.2, 0) is 9.59 Å². The number of rotatable bonds is 3. The molecule has 1 aliphatic carbocycles. The Balaban J connectivity index is 2.11. The molecule has 2 aliphatic rings. The highest BCUT2D eigenvalue weighted by Crippen LogP contribution is 2.38. The molecule has 3 unspecified atom stereocenters. The minimum absolute atomic E-state index is 0.0882. The summed E-state index contributed by atoms with van der Waals surface area (Å²) in [6, 6.07) is -0.559. The van der Waals surface area contributed by atoms with Gasteiger partial charge in [0, 0.05) is 6.54 Å². The number of imide groups is 2. The van der Waals surface area contributed by atoms with E-state index in [4.69, 9.17) is 0 Å². The molecule has 4 amide bonds. The molecule has 0 aromatic heterocycles. The van der Waals surface area contributed by atoms with Crippen LogP contribution in [0.5, 0.6) is 0 Å². The molecule has 1 heterocycles. The van der Waals surface area contributed by atoms with Crippen molar-refractivity contribution in [1.29, 1.82) is 0 Å². The fourth-order valence-corrected chi connectivity index (χ4v) is 2.28. The van der Waals surface area contributed by atoms with Gasteiger partial charge in [-0.2, -0.15) is 0 Å². The van der Waals surface area contributed by atoms with Crippen LogP contribution in [0.2, 0.25) is 0 Å². The molecular weight excluding hydrogens is 220 g/mol. The van der Waals surface area contributed by atoms with Crippen LogP contribution >= 0.6 is 0 Å². The van der Waals surface area contributed by atoms with Gasteiger partial charge >= 0.3 is 6.03 Å². The summed E-state index contributed by atoms with van der Waals surface area (Å²) in [5.41, 5.74) is 0. The number of nitrogens with one attached hydrogen (secondary N) is 1. The number of hydrogen-bond donors (Lipinski definition) is 1. The van der Waals surface area contributed by atoms with Gasteiger partial charge in [0.25, 0.3) is 0 Å². The molecule has 1 N–H and O–H groups in total. The number of urea groups is 1. The molecule has 1 saturated carbocycles. The smallest absolute Gasteiger partial charge is 0.277 e. The summed E-state index contributed by atoms with van der Waals surface area (Å²) >= 11 is 0. The van der Waals surface area contributed by atoms with Gasteiger partial charge in [-0.3, -0.25) is 19.8 Å². The lowest BCUT2D eigenvalue weighted by Crippen LogP contribution is -2.59. The topological polar surface area (TPSA) is 66.5 Å². The normalized spacial score (nSPS) is 33.1. The predicted octanol–water partition coefficient (Wildman–Crippen LogP) is 0.993. The van der Waals surface area contributed by atoms with Gasteiger partial charge in [-0.15, -0.1) is 0 Å². The van der Waals surface area contributed by atoms with Crippen molar-refractivity contribution < 1.29 is 14.4 Å². The number of carbonyl (C=O) groups excluding carboxylic acids is 3. The zero-order chi connectivity index (χ0) is 12.7. The minimum Gasteiger partial charge on any atom is -0.277 e. The number of hydrogen-bond acceptors (Lipinski definition) is 3. The molecule has 3 atom stereocenters. The maximum absolute atomic E-state index is 12.1. The largest absolute Gasteiger partial charge is 0.330 e. The van der Waals surface area contributed by atoms with Gasteiger partial charge in [0.05, 0.1) is 0 Å². The molecular formula is C12H18N2O3. The van der Waals surface area contributed by atoms with Crippen molar-refractivity contribution in [3.8, 4) is 0 Å². The summed E-state index contributed by atoms with van der Waals surface area (Å²) in [6.07, 6.45) is 1.05. The van der Waals surface area contributed by atoms with E-state index in [1.807, 2.05) is 13.8 Å². The first-order valence-corrected chi connectivity index (χ1v) is 6.08.